The van der Waals surface area contributed by atoms with Crippen molar-refractivity contribution in [3.05, 3.63) is 59.6 Å². The topological polar surface area (TPSA) is 38.4 Å². The zero-order chi connectivity index (χ0) is 16.0. The fourth-order valence-corrected chi connectivity index (χ4v) is 3.51. The van der Waals surface area contributed by atoms with Crippen LogP contribution in [0.2, 0.25) is 0 Å². The molecule has 1 unspecified atom stereocenters. The van der Waals surface area contributed by atoms with E-state index in [0.29, 0.717) is 6.42 Å². The second kappa shape index (κ2) is 5.30. The van der Waals surface area contributed by atoms with Crippen LogP contribution in [0.25, 0.3) is 11.0 Å². The Balaban J connectivity index is 1.58. The number of rotatable bonds is 2. The van der Waals surface area contributed by atoms with Crippen molar-refractivity contribution in [3.8, 4) is 0 Å². The summed E-state index contributed by atoms with van der Waals surface area (Å²) in [5, 5.41) is 1.04. The molecule has 4 nitrogen and oxygen atoms in total. The Labute approximate surface area is 135 Å². The lowest BCUT2D eigenvalue weighted by atomic mass is 10.1. The molecule has 0 fully saturated rings. The van der Waals surface area contributed by atoms with Crippen LogP contribution in [0, 0.1) is 6.92 Å². The summed E-state index contributed by atoms with van der Waals surface area (Å²) >= 11 is 0. The van der Waals surface area contributed by atoms with E-state index in [4.69, 9.17) is 4.42 Å². The van der Waals surface area contributed by atoms with E-state index in [1.165, 1.54) is 5.69 Å². The molecule has 3 aromatic rings. The van der Waals surface area contributed by atoms with Crippen molar-refractivity contribution >= 4 is 16.9 Å². The van der Waals surface area contributed by atoms with Gasteiger partial charge in [-0.25, -0.2) is 0 Å². The molecule has 2 aromatic heterocycles. The summed E-state index contributed by atoms with van der Waals surface area (Å²) < 4.78 is 7.84. The molecule has 4 heteroatoms. The van der Waals surface area contributed by atoms with E-state index in [2.05, 4.69) is 29.8 Å². The summed E-state index contributed by atoms with van der Waals surface area (Å²) in [5.74, 6) is 0.160. The highest BCUT2D eigenvalue weighted by Gasteiger charge is 2.27. The summed E-state index contributed by atoms with van der Waals surface area (Å²) in [6.07, 6.45) is 4.19. The Hall–Kier alpha value is -2.49. The van der Waals surface area contributed by atoms with E-state index in [1.807, 2.05) is 30.0 Å². The first-order valence-electron chi connectivity index (χ1n) is 8.05. The van der Waals surface area contributed by atoms with E-state index >= 15 is 0 Å². The first-order chi connectivity index (χ1) is 11.1. The number of nitrogens with zero attached hydrogens (tertiary/aromatic N) is 2. The van der Waals surface area contributed by atoms with E-state index in [0.717, 1.165) is 35.2 Å². The van der Waals surface area contributed by atoms with Crippen molar-refractivity contribution < 1.29 is 9.21 Å². The standard InChI is InChI=1S/C19H20N2O2/c1-13-5-6-16-15(12-23-18(16)10-13)11-19(22)21-9-8-20-7-3-4-17(20)14(21)2/h3-7,10,12,14H,8-9,11H2,1-2H3. The van der Waals surface area contributed by atoms with Crippen LogP contribution in [-0.2, 0) is 17.8 Å². The molecular weight excluding hydrogens is 288 g/mol. The molecule has 0 bridgehead atoms. The van der Waals surface area contributed by atoms with Crippen LogP contribution >= 0.6 is 0 Å². The second-order valence-corrected chi connectivity index (χ2v) is 6.33. The maximum absolute atomic E-state index is 12.8. The van der Waals surface area contributed by atoms with Gasteiger partial charge in [0.05, 0.1) is 18.7 Å². The van der Waals surface area contributed by atoms with Gasteiger partial charge in [-0.2, -0.15) is 0 Å². The van der Waals surface area contributed by atoms with Crippen LogP contribution in [0.4, 0.5) is 0 Å². The molecule has 4 rings (SSSR count). The van der Waals surface area contributed by atoms with Gasteiger partial charge in [-0.15, -0.1) is 0 Å². The molecule has 1 atom stereocenters. The Bertz CT molecular complexity index is 875. The molecule has 0 N–H and O–H groups in total. The van der Waals surface area contributed by atoms with Crippen molar-refractivity contribution in [1.29, 1.82) is 0 Å². The van der Waals surface area contributed by atoms with Gasteiger partial charge in [-0.3, -0.25) is 4.79 Å². The van der Waals surface area contributed by atoms with Gasteiger partial charge < -0.3 is 13.9 Å². The number of furan rings is 1. The SMILES string of the molecule is Cc1ccc2c(CC(=O)N3CCn4cccc4C3C)coc2c1. The number of carbonyl (C=O) groups excluding carboxylic acids is 1. The number of fused-ring (bicyclic) bond motifs is 2. The minimum atomic E-state index is 0.117. The number of hydrogen-bond acceptors (Lipinski definition) is 2. The predicted octanol–water partition coefficient (Wildman–Crippen LogP) is 3.69. The molecule has 3 heterocycles. The lowest BCUT2D eigenvalue weighted by Gasteiger charge is -2.35. The van der Waals surface area contributed by atoms with Gasteiger partial charge in [0.15, 0.2) is 0 Å². The Kier molecular flexibility index (Phi) is 3.26. The Morgan fingerprint density at radius 2 is 2.17 bits per heavy atom. The molecule has 23 heavy (non-hydrogen) atoms. The van der Waals surface area contributed by atoms with Crippen molar-refractivity contribution in [3.63, 3.8) is 0 Å². The van der Waals surface area contributed by atoms with Crippen LogP contribution < -0.4 is 0 Å². The minimum Gasteiger partial charge on any atom is -0.464 e. The highest BCUT2D eigenvalue weighted by Crippen LogP contribution is 2.28. The van der Waals surface area contributed by atoms with Crippen LogP contribution in [0.5, 0.6) is 0 Å². The maximum atomic E-state index is 12.8. The van der Waals surface area contributed by atoms with Gasteiger partial charge in [0, 0.05) is 35.9 Å². The summed E-state index contributed by atoms with van der Waals surface area (Å²) in [7, 11) is 0. The zero-order valence-electron chi connectivity index (χ0n) is 13.5. The maximum Gasteiger partial charge on any atom is 0.227 e. The van der Waals surface area contributed by atoms with Gasteiger partial charge in [0.1, 0.15) is 5.58 Å². The smallest absolute Gasteiger partial charge is 0.227 e. The lowest BCUT2D eigenvalue weighted by molar-refractivity contribution is -0.133. The highest BCUT2D eigenvalue weighted by atomic mass is 16.3. The Morgan fingerprint density at radius 3 is 3.04 bits per heavy atom. The third kappa shape index (κ3) is 2.34. The van der Waals surface area contributed by atoms with E-state index in [1.54, 1.807) is 6.26 Å². The highest BCUT2D eigenvalue weighted by molar-refractivity contribution is 5.88. The first kappa shape index (κ1) is 14.1. The van der Waals surface area contributed by atoms with Crippen LogP contribution in [0.3, 0.4) is 0 Å². The number of amides is 1. The second-order valence-electron chi connectivity index (χ2n) is 6.33. The number of carbonyl (C=O) groups is 1. The normalized spacial score (nSPS) is 17.5. The summed E-state index contributed by atoms with van der Waals surface area (Å²) in [6, 6.07) is 10.4. The van der Waals surface area contributed by atoms with Gasteiger partial charge in [-0.05, 0) is 37.6 Å². The van der Waals surface area contributed by atoms with Gasteiger partial charge >= 0.3 is 0 Å². The fourth-order valence-electron chi connectivity index (χ4n) is 3.51. The Morgan fingerprint density at radius 1 is 1.30 bits per heavy atom. The molecule has 1 amide bonds. The number of aromatic nitrogens is 1. The van der Waals surface area contributed by atoms with Gasteiger partial charge in [0.25, 0.3) is 0 Å². The molecular formula is C19H20N2O2. The van der Waals surface area contributed by atoms with Crippen molar-refractivity contribution in [2.24, 2.45) is 0 Å². The average Bonchev–Trinajstić information content (AvgIpc) is 3.15. The summed E-state index contributed by atoms with van der Waals surface area (Å²) in [5.41, 5.74) is 4.19. The third-order valence-electron chi connectivity index (χ3n) is 4.82. The minimum absolute atomic E-state index is 0.117. The van der Waals surface area contributed by atoms with Crippen molar-refractivity contribution in [2.45, 2.75) is 32.9 Å². The molecule has 1 aliphatic rings. The third-order valence-corrected chi connectivity index (χ3v) is 4.82. The van der Waals surface area contributed by atoms with Crippen LogP contribution in [0.1, 0.15) is 29.8 Å². The largest absolute Gasteiger partial charge is 0.464 e. The van der Waals surface area contributed by atoms with Crippen molar-refractivity contribution in [2.75, 3.05) is 6.54 Å². The molecule has 1 aromatic carbocycles. The predicted molar refractivity (Wildman–Crippen MR) is 89.2 cm³/mol. The lowest BCUT2D eigenvalue weighted by Crippen LogP contribution is -2.41. The van der Waals surface area contributed by atoms with Gasteiger partial charge in [-0.1, -0.05) is 12.1 Å². The first-order valence-corrected chi connectivity index (χ1v) is 8.05. The summed E-state index contributed by atoms with van der Waals surface area (Å²) in [4.78, 5) is 14.8. The molecule has 1 aliphatic heterocycles. The van der Waals surface area contributed by atoms with E-state index in [9.17, 15) is 4.79 Å². The fraction of sp³-hybridized carbons (Fsp3) is 0.316. The quantitative estimate of drug-likeness (QED) is 0.724. The number of aryl methyl sites for hydroxylation is 1. The van der Waals surface area contributed by atoms with Crippen molar-refractivity contribution in [1.82, 2.24) is 9.47 Å². The van der Waals surface area contributed by atoms with Crippen LogP contribution in [0.15, 0.2) is 47.2 Å². The van der Waals surface area contributed by atoms with Gasteiger partial charge in [0.2, 0.25) is 5.91 Å². The molecule has 0 spiro atoms. The molecule has 118 valence electrons. The van der Waals surface area contributed by atoms with E-state index < -0.39 is 0 Å². The summed E-state index contributed by atoms with van der Waals surface area (Å²) in [6.45, 7) is 5.76. The molecule has 0 saturated heterocycles. The number of hydrogen-bond donors (Lipinski definition) is 0. The molecule has 0 radical (unpaired) electrons. The zero-order valence-corrected chi connectivity index (χ0v) is 13.5. The van der Waals surface area contributed by atoms with E-state index in [-0.39, 0.29) is 11.9 Å². The average molecular weight is 308 g/mol. The van der Waals surface area contributed by atoms with Crippen LogP contribution in [-0.4, -0.2) is 21.9 Å². The molecule has 0 aliphatic carbocycles. The monoisotopic (exact) mass is 308 g/mol. The number of benzene rings is 1. The molecule has 0 saturated carbocycles.